The van der Waals surface area contributed by atoms with Gasteiger partial charge in [-0.05, 0) is 48.6 Å². The highest BCUT2D eigenvalue weighted by molar-refractivity contribution is 6.00. The first kappa shape index (κ1) is 32.1. The van der Waals surface area contributed by atoms with Crippen molar-refractivity contribution in [3.8, 4) is 17.3 Å². The van der Waals surface area contributed by atoms with Gasteiger partial charge in [0.05, 0.1) is 17.5 Å². The number of hydrogen-bond acceptors (Lipinski definition) is 8. The maximum atomic E-state index is 16.8. The van der Waals surface area contributed by atoms with Crippen molar-refractivity contribution in [2.75, 3.05) is 44.8 Å². The summed E-state index contributed by atoms with van der Waals surface area (Å²) in [4.78, 5) is 18.7. The molecule has 4 fully saturated rings. The third-order valence-corrected chi connectivity index (χ3v) is 9.94. The normalized spacial score (nSPS) is 25.8. The summed E-state index contributed by atoms with van der Waals surface area (Å²) >= 11 is 0. The first-order chi connectivity index (χ1) is 21.0. The molecule has 4 aliphatic heterocycles. The van der Waals surface area contributed by atoms with E-state index in [-0.39, 0.29) is 54.2 Å². The van der Waals surface area contributed by atoms with Crippen molar-refractivity contribution in [1.82, 2.24) is 25.2 Å². The van der Waals surface area contributed by atoms with Gasteiger partial charge in [-0.15, -0.1) is 24.8 Å². The van der Waals surface area contributed by atoms with Gasteiger partial charge in [0.25, 0.3) is 0 Å². The van der Waals surface area contributed by atoms with Crippen LogP contribution >= 0.6 is 24.8 Å². The van der Waals surface area contributed by atoms with Crippen LogP contribution in [0.15, 0.2) is 42.6 Å². The van der Waals surface area contributed by atoms with E-state index in [1.807, 2.05) is 36.4 Å². The largest absolute Gasteiger partial charge is 0.461 e. The lowest BCUT2D eigenvalue weighted by Crippen LogP contribution is -2.51. The smallest absolute Gasteiger partial charge is 0.319 e. The molecule has 8 rings (SSSR count). The highest BCUT2D eigenvalue weighted by Gasteiger charge is 2.49. The Morgan fingerprint density at radius 1 is 1.04 bits per heavy atom. The molecule has 240 valence electrons. The van der Waals surface area contributed by atoms with Crippen molar-refractivity contribution in [2.45, 2.75) is 62.5 Å². The molecule has 4 atom stereocenters. The third kappa shape index (κ3) is 5.58. The summed E-state index contributed by atoms with van der Waals surface area (Å²) in [6, 6.07) is 12.7. The van der Waals surface area contributed by atoms with Gasteiger partial charge in [0.15, 0.2) is 5.82 Å². The molecule has 4 aliphatic rings. The number of benzene rings is 2. The molecular formula is C33H38Cl2F2N6O2. The Hall–Kier alpha value is -2.89. The van der Waals surface area contributed by atoms with E-state index in [0.29, 0.717) is 48.4 Å². The van der Waals surface area contributed by atoms with E-state index in [4.69, 9.17) is 19.4 Å². The molecule has 1 N–H and O–H groups in total. The van der Waals surface area contributed by atoms with E-state index < -0.39 is 12.0 Å². The van der Waals surface area contributed by atoms with Crippen molar-refractivity contribution in [2.24, 2.45) is 0 Å². The molecular weight excluding hydrogens is 621 g/mol. The van der Waals surface area contributed by atoms with E-state index >= 15 is 4.39 Å². The molecule has 0 saturated carbocycles. The van der Waals surface area contributed by atoms with Gasteiger partial charge in [-0.3, -0.25) is 9.88 Å². The molecule has 6 heterocycles. The standard InChI is InChI=1S/C33H36F2N6O2.2ClH/c1-42-18-21-7-2-5-20-6-3-8-25(27(20)21)29-28(35)30-26(14-36-29)31(40-16-23-9-10-24(17-40)37-23)39-32(38-30)43-19-33-11-4-12-41(33)15-22(34)13-33;;/h2-3,5-8,14,22-24,37H,4,9-13,15-19H2,1H3;2*1H/t22?,23-,24+,33?;;. The number of alkyl halides is 1. The van der Waals surface area contributed by atoms with Crippen molar-refractivity contribution < 1.29 is 18.3 Å². The fourth-order valence-corrected chi connectivity index (χ4v) is 8.02. The number of rotatable bonds is 7. The highest BCUT2D eigenvalue weighted by Crippen LogP contribution is 2.41. The monoisotopic (exact) mass is 658 g/mol. The number of halogens is 4. The summed E-state index contributed by atoms with van der Waals surface area (Å²) in [5.41, 5.74) is 1.72. The zero-order valence-electron chi connectivity index (χ0n) is 25.2. The SMILES string of the molecule is COCc1cccc2cccc(-c3ncc4c(N5C[C@H]6CC[C@@H](C5)N6)nc(OCC56CCCN5CC(F)C6)nc4c3F)c12.Cl.Cl. The Bertz CT molecular complexity index is 1700. The van der Waals surface area contributed by atoms with E-state index in [2.05, 4.69) is 20.1 Å². The molecule has 0 spiro atoms. The molecule has 12 heteroatoms. The molecule has 0 aliphatic carbocycles. The average Bonchev–Trinajstić information content (AvgIpc) is 3.66. The minimum Gasteiger partial charge on any atom is -0.461 e. The number of methoxy groups -OCH3 is 1. The number of fused-ring (bicyclic) bond motifs is 5. The second-order valence-corrected chi connectivity index (χ2v) is 12.7. The molecule has 2 aromatic heterocycles. The molecule has 45 heavy (non-hydrogen) atoms. The number of nitrogens with one attached hydrogen (secondary N) is 1. The Balaban J connectivity index is 0.00000179. The average molecular weight is 660 g/mol. The predicted octanol–water partition coefficient (Wildman–Crippen LogP) is 5.87. The van der Waals surface area contributed by atoms with Gasteiger partial charge in [-0.1, -0.05) is 36.4 Å². The Labute approximate surface area is 273 Å². The first-order valence-electron chi connectivity index (χ1n) is 15.4. The van der Waals surface area contributed by atoms with Crippen LogP contribution in [0.4, 0.5) is 14.6 Å². The maximum absolute atomic E-state index is 16.8. The van der Waals surface area contributed by atoms with Crippen LogP contribution in [0.3, 0.4) is 0 Å². The molecule has 2 aromatic carbocycles. The first-order valence-corrected chi connectivity index (χ1v) is 15.4. The second-order valence-electron chi connectivity index (χ2n) is 12.7. The third-order valence-electron chi connectivity index (χ3n) is 9.94. The number of aromatic nitrogens is 3. The summed E-state index contributed by atoms with van der Waals surface area (Å²) in [5, 5.41) is 6.12. The molecule has 8 nitrogen and oxygen atoms in total. The Morgan fingerprint density at radius 2 is 1.82 bits per heavy atom. The van der Waals surface area contributed by atoms with Crippen LogP contribution in [0, 0.1) is 5.82 Å². The van der Waals surface area contributed by atoms with Crippen molar-refractivity contribution in [3.63, 3.8) is 0 Å². The lowest BCUT2D eigenvalue weighted by Gasteiger charge is -2.34. The molecule has 2 bridgehead atoms. The van der Waals surface area contributed by atoms with Gasteiger partial charge >= 0.3 is 6.01 Å². The molecule has 4 saturated heterocycles. The number of ether oxygens (including phenoxy) is 2. The molecule has 2 unspecified atom stereocenters. The quantitative estimate of drug-likeness (QED) is 0.264. The van der Waals surface area contributed by atoms with E-state index in [9.17, 15) is 4.39 Å². The van der Waals surface area contributed by atoms with Gasteiger partial charge in [0.1, 0.15) is 29.8 Å². The second kappa shape index (κ2) is 12.7. The summed E-state index contributed by atoms with van der Waals surface area (Å²) in [7, 11) is 1.66. The van der Waals surface area contributed by atoms with Gasteiger partial charge < -0.3 is 19.7 Å². The van der Waals surface area contributed by atoms with Crippen LogP contribution in [0.25, 0.3) is 32.9 Å². The zero-order chi connectivity index (χ0) is 29.1. The van der Waals surface area contributed by atoms with Crippen molar-refractivity contribution in [1.29, 1.82) is 0 Å². The maximum Gasteiger partial charge on any atom is 0.319 e. The van der Waals surface area contributed by atoms with Gasteiger partial charge in [-0.2, -0.15) is 9.97 Å². The summed E-state index contributed by atoms with van der Waals surface area (Å²) < 4.78 is 43.0. The fraction of sp³-hybridized carbons (Fsp3) is 0.485. The number of nitrogens with zero attached hydrogens (tertiary/aromatic N) is 5. The highest BCUT2D eigenvalue weighted by atomic mass is 35.5. The van der Waals surface area contributed by atoms with Gasteiger partial charge in [0, 0.05) is 57.0 Å². The van der Waals surface area contributed by atoms with E-state index in [1.165, 1.54) is 0 Å². The summed E-state index contributed by atoms with van der Waals surface area (Å²) in [5.74, 6) is 0.138. The fourth-order valence-electron chi connectivity index (χ4n) is 8.02. The van der Waals surface area contributed by atoms with Crippen molar-refractivity contribution in [3.05, 3.63) is 54.0 Å². The number of hydrogen-bond donors (Lipinski definition) is 1. The van der Waals surface area contributed by atoms with E-state index in [1.54, 1.807) is 13.3 Å². The van der Waals surface area contributed by atoms with Crippen LogP contribution in [0.5, 0.6) is 6.01 Å². The Morgan fingerprint density at radius 3 is 2.60 bits per heavy atom. The van der Waals surface area contributed by atoms with Gasteiger partial charge in [-0.25, -0.2) is 8.78 Å². The minimum atomic E-state index is -0.858. The molecule has 0 radical (unpaired) electrons. The lowest BCUT2D eigenvalue weighted by molar-refractivity contribution is 0.107. The van der Waals surface area contributed by atoms with Crippen LogP contribution in [0.2, 0.25) is 0 Å². The van der Waals surface area contributed by atoms with Crippen molar-refractivity contribution >= 4 is 52.3 Å². The van der Waals surface area contributed by atoms with Crippen LogP contribution in [-0.2, 0) is 11.3 Å². The predicted molar refractivity (Wildman–Crippen MR) is 176 cm³/mol. The Kier molecular flexibility index (Phi) is 9.06. The van der Waals surface area contributed by atoms with Crippen LogP contribution in [-0.4, -0.2) is 83.5 Å². The van der Waals surface area contributed by atoms with Crippen LogP contribution < -0.4 is 15.0 Å². The summed E-state index contributed by atoms with van der Waals surface area (Å²) in [6.07, 6.45) is 5.41. The zero-order valence-corrected chi connectivity index (χ0v) is 26.8. The van der Waals surface area contributed by atoms with Gasteiger partial charge in [0.2, 0.25) is 0 Å². The van der Waals surface area contributed by atoms with E-state index in [0.717, 1.165) is 61.7 Å². The minimum absolute atomic E-state index is 0. The number of pyridine rings is 1. The summed E-state index contributed by atoms with van der Waals surface area (Å²) in [6.45, 7) is 3.55. The molecule has 0 amide bonds. The number of piperazine rings is 1. The number of anilines is 1. The molecule has 4 aromatic rings. The lowest BCUT2D eigenvalue weighted by atomic mass is 9.95. The topological polar surface area (TPSA) is 75.6 Å². The van der Waals surface area contributed by atoms with Crippen LogP contribution in [0.1, 0.15) is 37.7 Å².